The lowest BCUT2D eigenvalue weighted by atomic mass is 9.96. The number of ether oxygens (including phenoxy) is 1. The van der Waals surface area contributed by atoms with Crippen molar-refractivity contribution in [2.45, 2.75) is 37.0 Å². The first-order valence-corrected chi connectivity index (χ1v) is 15.3. The fourth-order valence-electron chi connectivity index (χ4n) is 5.13. The number of fused-ring (bicyclic) bond motifs is 3. The summed E-state index contributed by atoms with van der Waals surface area (Å²) in [5.74, 6) is -3.57. The van der Waals surface area contributed by atoms with Gasteiger partial charge in [-0.3, -0.25) is 14.4 Å². The Morgan fingerprint density at radius 3 is 2.36 bits per heavy atom. The van der Waals surface area contributed by atoms with E-state index in [-0.39, 0.29) is 11.6 Å². The lowest BCUT2D eigenvalue weighted by Crippen LogP contribution is -2.42. The number of anilines is 1. The number of benzene rings is 3. The molecule has 1 aliphatic rings. The Morgan fingerprint density at radius 2 is 1.71 bits per heavy atom. The van der Waals surface area contributed by atoms with Gasteiger partial charge in [-0.1, -0.05) is 50.2 Å². The third-order valence-electron chi connectivity index (χ3n) is 7.28. The summed E-state index contributed by atoms with van der Waals surface area (Å²) in [6.07, 6.45) is 0.410. The number of methoxy groups -OCH3 is 1. The van der Waals surface area contributed by atoms with Gasteiger partial charge in [-0.05, 0) is 54.8 Å². The zero-order chi connectivity index (χ0) is 32.1. The number of rotatable bonds is 10. The normalized spacial score (nSPS) is 13.0. The number of carbonyl (C=O) groups excluding carboxylic acids is 4. The third-order valence-corrected chi connectivity index (χ3v) is 8.38. The Morgan fingerprint density at radius 1 is 1.02 bits per heavy atom. The first kappa shape index (κ1) is 31.2. The largest absolute Gasteiger partial charge is 0.467 e. The summed E-state index contributed by atoms with van der Waals surface area (Å²) < 4.78 is 6.52. The van der Waals surface area contributed by atoms with Crippen molar-refractivity contribution in [1.82, 2.24) is 15.1 Å². The van der Waals surface area contributed by atoms with Crippen LogP contribution < -0.4 is 10.6 Å². The van der Waals surface area contributed by atoms with Crippen LogP contribution in [0.1, 0.15) is 46.7 Å². The first-order valence-electron chi connectivity index (χ1n) is 14.3. The molecule has 1 aliphatic heterocycles. The molecular formula is C34H31N5O5S. The minimum Gasteiger partial charge on any atom is -0.467 e. The molecule has 2 N–H and O–H groups in total. The maximum absolute atomic E-state index is 13.8. The number of amides is 2. The summed E-state index contributed by atoms with van der Waals surface area (Å²) in [5.41, 5.74) is 3.24. The predicted octanol–water partition coefficient (Wildman–Crippen LogP) is 5.42. The minimum absolute atomic E-state index is 0.0132. The molecule has 45 heavy (non-hydrogen) atoms. The smallest absolute Gasteiger partial charge is 0.328 e. The number of para-hydroxylation sites is 2. The summed E-state index contributed by atoms with van der Waals surface area (Å²) in [6, 6.07) is 24.0. The molecule has 4 aromatic rings. The van der Waals surface area contributed by atoms with Crippen LogP contribution in [0.4, 0.5) is 5.69 Å². The van der Waals surface area contributed by atoms with Crippen molar-refractivity contribution in [2.75, 3.05) is 12.4 Å². The van der Waals surface area contributed by atoms with E-state index in [0.29, 0.717) is 45.9 Å². The van der Waals surface area contributed by atoms with Crippen molar-refractivity contribution in [3.05, 3.63) is 95.7 Å². The molecule has 228 valence electrons. The van der Waals surface area contributed by atoms with E-state index in [0.717, 1.165) is 4.90 Å². The predicted molar refractivity (Wildman–Crippen MR) is 170 cm³/mol. The van der Waals surface area contributed by atoms with E-state index in [2.05, 4.69) is 15.7 Å². The Labute approximate surface area is 264 Å². The molecule has 5 rings (SSSR count). The molecule has 2 atom stereocenters. The van der Waals surface area contributed by atoms with Crippen LogP contribution in [-0.2, 0) is 20.1 Å². The van der Waals surface area contributed by atoms with Crippen molar-refractivity contribution < 1.29 is 23.9 Å². The number of carbonyl (C=O) groups is 4. The summed E-state index contributed by atoms with van der Waals surface area (Å²) in [5, 5.41) is 20.0. The number of esters is 1. The molecule has 0 spiro atoms. The Bertz CT molecular complexity index is 1800. The van der Waals surface area contributed by atoms with Gasteiger partial charge in [0.05, 0.1) is 24.6 Å². The van der Waals surface area contributed by atoms with Crippen LogP contribution in [0.25, 0.3) is 16.9 Å². The van der Waals surface area contributed by atoms with E-state index >= 15 is 0 Å². The minimum atomic E-state index is -1.63. The summed E-state index contributed by atoms with van der Waals surface area (Å²) in [7, 11) is 1.28. The van der Waals surface area contributed by atoms with Gasteiger partial charge in [-0.25, -0.2) is 9.48 Å². The second kappa shape index (κ2) is 13.6. The van der Waals surface area contributed by atoms with E-state index < -0.39 is 35.5 Å². The molecule has 0 bridgehead atoms. The van der Waals surface area contributed by atoms with Crippen LogP contribution >= 0.6 is 11.8 Å². The van der Waals surface area contributed by atoms with Crippen molar-refractivity contribution in [1.29, 1.82) is 5.26 Å². The molecule has 1 aromatic heterocycles. The van der Waals surface area contributed by atoms with Crippen molar-refractivity contribution >= 4 is 41.0 Å². The van der Waals surface area contributed by atoms with Gasteiger partial charge >= 0.3 is 5.97 Å². The molecule has 11 heteroatoms. The fourth-order valence-corrected chi connectivity index (χ4v) is 6.18. The molecule has 1 unspecified atom stereocenters. The van der Waals surface area contributed by atoms with E-state index in [4.69, 9.17) is 4.74 Å². The number of nitrogens with zero attached hydrogens (tertiary/aromatic N) is 3. The Balaban J connectivity index is 1.55. The van der Waals surface area contributed by atoms with Crippen LogP contribution in [-0.4, -0.2) is 46.5 Å². The number of nitrogens with one attached hydrogen (secondary N) is 2. The van der Waals surface area contributed by atoms with Crippen LogP contribution in [0.2, 0.25) is 0 Å². The van der Waals surface area contributed by atoms with Crippen LogP contribution in [0, 0.1) is 23.2 Å². The molecular weight excluding hydrogens is 590 g/mol. The number of ketones is 1. The zero-order valence-corrected chi connectivity index (χ0v) is 25.8. The molecule has 0 radical (unpaired) electrons. The summed E-state index contributed by atoms with van der Waals surface area (Å²) in [4.78, 5) is 53.5. The Hall–Kier alpha value is -5.21. The first-order chi connectivity index (χ1) is 21.7. The molecule has 0 saturated heterocycles. The van der Waals surface area contributed by atoms with E-state index in [1.165, 1.54) is 18.9 Å². The van der Waals surface area contributed by atoms with Crippen LogP contribution in [0.15, 0.2) is 83.8 Å². The third kappa shape index (κ3) is 6.66. The van der Waals surface area contributed by atoms with E-state index in [1.807, 2.05) is 56.3 Å². The average Bonchev–Trinajstić information content (AvgIpc) is 3.45. The van der Waals surface area contributed by atoms with Gasteiger partial charge in [0.25, 0.3) is 5.91 Å². The highest BCUT2D eigenvalue weighted by atomic mass is 32.2. The quantitative estimate of drug-likeness (QED) is 0.136. The van der Waals surface area contributed by atoms with Gasteiger partial charge in [0, 0.05) is 33.0 Å². The van der Waals surface area contributed by atoms with Crippen LogP contribution in [0.5, 0.6) is 0 Å². The van der Waals surface area contributed by atoms with E-state index in [9.17, 15) is 24.4 Å². The fraction of sp³-hybridized carbons (Fsp3) is 0.235. The second-order valence-corrected chi connectivity index (χ2v) is 11.9. The zero-order valence-electron chi connectivity index (χ0n) is 24.9. The van der Waals surface area contributed by atoms with Gasteiger partial charge < -0.3 is 15.4 Å². The molecule has 3 aromatic carbocycles. The SMILES string of the molecule is COC(=O)[C@H](CC(C)C)NC(=O)c1ccc2c(c1)-c1c(c(C(=O)C(C#N)C(=O)Nc3ccccc3)nn1-c1ccccc1)CS2. The number of Topliss-reactive ketones (excluding diaryl/α,β-unsaturated/α-hetero) is 1. The second-order valence-electron chi connectivity index (χ2n) is 10.9. The van der Waals surface area contributed by atoms with Crippen molar-refractivity contribution in [2.24, 2.45) is 11.8 Å². The molecule has 10 nitrogen and oxygen atoms in total. The molecule has 0 fully saturated rings. The maximum atomic E-state index is 13.8. The number of aromatic nitrogens is 2. The summed E-state index contributed by atoms with van der Waals surface area (Å²) >= 11 is 1.46. The monoisotopic (exact) mass is 621 g/mol. The molecule has 0 saturated carbocycles. The number of nitriles is 1. The topological polar surface area (TPSA) is 143 Å². The van der Waals surface area contributed by atoms with Gasteiger partial charge in [0.15, 0.2) is 5.92 Å². The molecule has 2 heterocycles. The standard InChI is InChI=1S/C34H31N5O5S/c1-20(2)16-27(34(43)44-3)37-32(41)21-14-15-28-24(17-21)30-26(19-45-28)29(38-39(30)23-12-8-5-9-13-23)31(40)25(18-35)33(42)36-22-10-6-4-7-11-22/h4-15,17,20,25,27H,16,19H2,1-3H3,(H,36,42)(H,37,41)/t25?,27-/m0/s1. The highest BCUT2D eigenvalue weighted by Gasteiger charge is 2.36. The van der Waals surface area contributed by atoms with Crippen LogP contribution in [0.3, 0.4) is 0 Å². The van der Waals surface area contributed by atoms with Gasteiger partial charge in [-0.2, -0.15) is 10.4 Å². The van der Waals surface area contributed by atoms with Crippen molar-refractivity contribution in [3.8, 4) is 23.0 Å². The maximum Gasteiger partial charge on any atom is 0.328 e. The van der Waals surface area contributed by atoms with Gasteiger partial charge in [0.1, 0.15) is 11.7 Å². The molecule has 0 aliphatic carbocycles. The van der Waals surface area contributed by atoms with Crippen molar-refractivity contribution in [3.63, 3.8) is 0 Å². The number of hydrogen-bond donors (Lipinski definition) is 2. The highest BCUT2D eigenvalue weighted by Crippen LogP contribution is 2.44. The lowest BCUT2D eigenvalue weighted by molar-refractivity contribution is -0.143. The highest BCUT2D eigenvalue weighted by molar-refractivity contribution is 7.98. The number of thioether (sulfide) groups is 1. The Kier molecular flexibility index (Phi) is 9.45. The van der Waals surface area contributed by atoms with E-state index in [1.54, 1.807) is 47.1 Å². The summed E-state index contributed by atoms with van der Waals surface area (Å²) in [6.45, 7) is 3.90. The molecule has 2 amide bonds. The van der Waals surface area contributed by atoms with Gasteiger partial charge in [-0.15, -0.1) is 11.8 Å². The lowest BCUT2D eigenvalue weighted by Gasteiger charge is -2.21. The van der Waals surface area contributed by atoms with Gasteiger partial charge in [0.2, 0.25) is 11.7 Å². The average molecular weight is 622 g/mol. The number of hydrogen-bond acceptors (Lipinski definition) is 8.